The minimum absolute atomic E-state index is 0.00512. The van der Waals surface area contributed by atoms with Gasteiger partial charge in [-0.3, -0.25) is 10.1 Å². The number of ether oxygens (including phenoxy) is 3. The molecule has 3 heterocycles. The molecule has 3 aromatic rings. The lowest BCUT2D eigenvalue weighted by atomic mass is 9.90. The van der Waals surface area contributed by atoms with Gasteiger partial charge in [0.05, 0.1) is 30.4 Å². The minimum atomic E-state index is -4.51. The summed E-state index contributed by atoms with van der Waals surface area (Å²) in [5, 5.41) is 2.99. The van der Waals surface area contributed by atoms with Gasteiger partial charge in [0.2, 0.25) is 11.8 Å². The first-order valence-electron chi connectivity index (χ1n) is 11.8. The van der Waals surface area contributed by atoms with Gasteiger partial charge < -0.3 is 14.2 Å². The summed E-state index contributed by atoms with van der Waals surface area (Å²) in [4.78, 5) is 26.4. The highest BCUT2D eigenvalue weighted by Crippen LogP contribution is 2.51. The monoisotopic (exact) mass is 536 g/mol. The number of hydrogen-bond donors (Lipinski definition) is 1. The van der Waals surface area contributed by atoms with E-state index in [1.807, 2.05) is 6.92 Å². The van der Waals surface area contributed by atoms with Crippen LogP contribution in [0.25, 0.3) is 11.3 Å². The van der Waals surface area contributed by atoms with Crippen molar-refractivity contribution >= 4 is 22.4 Å². The number of nitrogens with zero attached hydrogens (tertiary/aromatic N) is 3. The molecule has 1 aromatic carbocycles. The van der Waals surface area contributed by atoms with E-state index in [-0.39, 0.29) is 28.2 Å². The number of carbonyl (C=O) groups is 1. The van der Waals surface area contributed by atoms with Crippen molar-refractivity contribution < 1.29 is 32.2 Å². The fourth-order valence-electron chi connectivity index (χ4n) is 4.25. The zero-order chi connectivity index (χ0) is 26.8. The number of rotatable bonds is 9. The maximum atomic E-state index is 13.4. The largest absolute Gasteiger partial charge is 0.481 e. The van der Waals surface area contributed by atoms with Gasteiger partial charge in [-0.2, -0.15) is 13.2 Å². The average Bonchev–Trinajstić information content (AvgIpc) is 3.30. The third kappa shape index (κ3) is 5.34. The van der Waals surface area contributed by atoms with Crippen molar-refractivity contribution in [3.63, 3.8) is 0 Å². The van der Waals surface area contributed by atoms with Gasteiger partial charge in [-0.05, 0) is 38.0 Å². The number of anilines is 1. The second kappa shape index (κ2) is 10.5. The molecule has 4 rings (SSSR count). The average molecular weight is 537 g/mol. The Morgan fingerprint density at radius 2 is 1.84 bits per heavy atom. The highest BCUT2D eigenvalue weighted by Gasteiger charge is 2.41. The summed E-state index contributed by atoms with van der Waals surface area (Å²) < 4.78 is 56.9. The Kier molecular flexibility index (Phi) is 7.58. The van der Waals surface area contributed by atoms with E-state index in [1.54, 1.807) is 0 Å². The molecule has 0 saturated carbocycles. The van der Waals surface area contributed by atoms with E-state index in [9.17, 15) is 18.0 Å². The number of amides is 1. The van der Waals surface area contributed by atoms with Crippen LogP contribution in [0.15, 0.2) is 24.5 Å². The van der Waals surface area contributed by atoms with Crippen molar-refractivity contribution in [2.45, 2.75) is 57.7 Å². The maximum Gasteiger partial charge on any atom is 0.416 e. The summed E-state index contributed by atoms with van der Waals surface area (Å²) in [5.74, 6) is -0.429. The Hall–Kier alpha value is -3.41. The first-order chi connectivity index (χ1) is 17.6. The number of carbonyl (C=O) groups excluding carboxylic acids is 1. The van der Waals surface area contributed by atoms with Gasteiger partial charge in [-0.15, -0.1) is 0 Å². The molecule has 0 bridgehead atoms. The van der Waals surface area contributed by atoms with Crippen molar-refractivity contribution in [3.05, 3.63) is 40.5 Å². The first kappa shape index (κ1) is 26.6. The summed E-state index contributed by atoms with van der Waals surface area (Å²) >= 11 is 1.22. The zero-order valence-corrected chi connectivity index (χ0v) is 21.7. The molecule has 1 aliphatic heterocycles. The summed E-state index contributed by atoms with van der Waals surface area (Å²) in [6.07, 6.45) is 1.18. The lowest BCUT2D eigenvalue weighted by Crippen LogP contribution is -2.32. The third-order valence-corrected chi connectivity index (χ3v) is 7.34. The quantitative estimate of drug-likeness (QED) is 0.313. The van der Waals surface area contributed by atoms with Crippen LogP contribution in [-0.4, -0.2) is 35.1 Å². The van der Waals surface area contributed by atoms with Crippen LogP contribution in [-0.2, 0) is 11.8 Å². The number of alkyl halides is 3. The molecule has 1 unspecified atom stereocenters. The Bertz CT molecular complexity index is 1280. The lowest BCUT2D eigenvalue weighted by molar-refractivity contribution is -0.137. The zero-order valence-electron chi connectivity index (χ0n) is 20.9. The van der Waals surface area contributed by atoms with Crippen molar-refractivity contribution in [2.75, 3.05) is 19.5 Å². The Labute approximate surface area is 216 Å². The van der Waals surface area contributed by atoms with Gasteiger partial charge in [0.1, 0.15) is 17.7 Å². The van der Waals surface area contributed by atoms with Crippen molar-refractivity contribution in [1.82, 2.24) is 15.0 Å². The number of thiazole rings is 1. The molecular formula is C25H27F3N4O4S. The van der Waals surface area contributed by atoms with Crippen LogP contribution in [0.3, 0.4) is 0 Å². The van der Waals surface area contributed by atoms with Gasteiger partial charge in [-0.25, -0.2) is 15.0 Å². The van der Waals surface area contributed by atoms with E-state index in [4.69, 9.17) is 14.2 Å². The van der Waals surface area contributed by atoms with Crippen LogP contribution in [0.5, 0.6) is 17.5 Å². The molecule has 0 saturated heterocycles. The molecule has 1 aliphatic rings. The number of hydrogen-bond acceptors (Lipinski definition) is 8. The number of benzene rings is 1. The van der Waals surface area contributed by atoms with Gasteiger partial charge in [-0.1, -0.05) is 37.5 Å². The van der Waals surface area contributed by atoms with E-state index in [1.165, 1.54) is 38.0 Å². The van der Waals surface area contributed by atoms with Crippen molar-refractivity contribution in [1.29, 1.82) is 0 Å². The highest BCUT2D eigenvalue weighted by atomic mass is 32.1. The molecule has 198 valence electrons. The van der Waals surface area contributed by atoms with E-state index in [0.29, 0.717) is 17.7 Å². The van der Waals surface area contributed by atoms with Crippen LogP contribution >= 0.6 is 11.3 Å². The van der Waals surface area contributed by atoms with E-state index in [0.717, 1.165) is 42.7 Å². The molecular weight excluding hydrogens is 509 g/mol. The van der Waals surface area contributed by atoms with Crippen LogP contribution in [0.4, 0.5) is 18.3 Å². The van der Waals surface area contributed by atoms with E-state index >= 15 is 0 Å². The topological polar surface area (TPSA) is 95.5 Å². The second-order valence-corrected chi connectivity index (χ2v) is 9.77. The molecule has 1 N–H and O–H groups in total. The molecule has 0 aliphatic carbocycles. The van der Waals surface area contributed by atoms with Crippen LogP contribution < -0.4 is 19.5 Å². The molecule has 0 fully saturated rings. The Morgan fingerprint density at radius 3 is 2.46 bits per heavy atom. The van der Waals surface area contributed by atoms with Gasteiger partial charge >= 0.3 is 6.18 Å². The summed E-state index contributed by atoms with van der Waals surface area (Å²) in [6.45, 7) is 3.95. The molecule has 12 heteroatoms. The molecule has 0 spiro atoms. The van der Waals surface area contributed by atoms with Crippen LogP contribution in [0, 0.1) is 0 Å². The number of methoxy groups -OCH3 is 2. The predicted octanol–water partition coefficient (Wildman–Crippen LogP) is 6.47. The summed E-state index contributed by atoms with van der Waals surface area (Å²) in [5.41, 5.74) is -0.795. The Morgan fingerprint density at radius 1 is 1.14 bits per heavy atom. The normalized spacial score (nSPS) is 16.4. The van der Waals surface area contributed by atoms with Gasteiger partial charge in [0.25, 0.3) is 5.91 Å². The van der Waals surface area contributed by atoms with E-state index in [2.05, 4.69) is 27.2 Å². The van der Waals surface area contributed by atoms with Gasteiger partial charge in [0.15, 0.2) is 10.7 Å². The van der Waals surface area contributed by atoms with E-state index < -0.39 is 23.2 Å². The molecule has 37 heavy (non-hydrogen) atoms. The third-order valence-electron chi connectivity index (χ3n) is 6.13. The summed E-state index contributed by atoms with van der Waals surface area (Å²) in [7, 11) is 2.74. The molecule has 8 nitrogen and oxygen atoms in total. The SMILES string of the molecule is CCCCCCC1(C)Oc2cc(C(F)(F)F)ccc2-c2nc(NC(=O)c3c(OC)ncnc3OC)sc21. The number of nitrogens with one attached hydrogen (secondary N) is 1. The van der Waals surface area contributed by atoms with Crippen molar-refractivity contribution in [2.24, 2.45) is 0 Å². The standard InChI is InChI=1S/C25H27F3N4O4S/c1-5-6-7-8-11-24(2)19-18(15-10-9-14(25(26,27)28)12-16(15)36-24)31-23(37-19)32-20(33)17-21(34-3)29-13-30-22(17)35-4/h9-10,12-13H,5-8,11H2,1-4H3,(H,31,32,33). The molecule has 2 aromatic heterocycles. The second-order valence-electron chi connectivity index (χ2n) is 8.77. The Balaban J connectivity index is 1.73. The van der Waals surface area contributed by atoms with Gasteiger partial charge in [0, 0.05) is 5.56 Å². The predicted molar refractivity (Wildman–Crippen MR) is 132 cm³/mol. The van der Waals surface area contributed by atoms with Crippen molar-refractivity contribution in [3.8, 4) is 28.8 Å². The molecule has 1 atom stereocenters. The number of unbranched alkanes of at least 4 members (excludes halogenated alkanes) is 3. The molecule has 1 amide bonds. The minimum Gasteiger partial charge on any atom is -0.481 e. The lowest BCUT2D eigenvalue weighted by Gasteiger charge is -2.35. The first-order valence-corrected chi connectivity index (χ1v) is 12.6. The summed E-state index contributed by atoms with van der Waals surface area (Å²) in [6, 6.07) is 3.37. The van der Waals surface area contributed by atoms with Crippen LogP contribution in [0.2, 0.25) is 0 Å². The maximum absolute atomic E-state index is 13.4. The number of aromatic nitrogens is 3. The number of fused-ring (bicyclic) bond motifs is 3. The smallest absolute Gasteiger partial charge is 0.416 e. The molecule has 0 radical (unpaired) electrons. The van der Waals surface area contributed by atoms with Crippen LogP contribution in [0.1, 0.15) is 66.8 Å². The highest BCUT2D eigenvalue weighted by molar-refractivity contribution is 7.16. The fourth-order valence-corrected chi connectivity index (χ4v) is 5.34. The fraction of sp³-hybridized carbons (Fsp3) is 0.440. The number of halogens is 3.